The number of nitrogens with zero attached hydrogens (tertiary/aromatic N) is 1. The molecule has 0 N–H and O–H groups in total. The van der Waals surface area contributed by atoms with E-state index in [2.05, 4.69) is 49.9 Å². The fourth-order valence-electron chi connectivity index (χ4n) is 2.86. The Kier molecular flexibility index (Phi) is 3.65. The molecule has 1 heteroatoms. The second kappa shape index (κ2) is 5.01. The lowest BCUT2D eigenvalue weighted by atomic mass is 9.99. The summed E-state index contributed by atoms with van der Waals surface area (Å²) in [4.78, 5) is 2.67. The monoisotopic (exact) mass is 217 g/mol. The number of fused-ring (bicyclic) bond motifs is 1. The Morgan fingerprint density at radius 1 is 1.25 bits per heavy atom. The molecule has 1 heterocycles. The molecule has 0 saturated carbocycles. The van der Waals surface area contributed by atoms with Crippen LogP contribution in [0.15, 0.2) is 24.3 Å². The van der Waals surface area contributed by atoms with Gasteiger partial charge in [-0.25, -0.2) is 0 Å². The normalized spacial score (nSPS) is 21.9. The van der Waals surface area contributed by atoms with Crippen molar-refractivity contribution < 1.29 is 0 Å². The average Bonchev–Trinajstić information content (AvgIpc) is 2.47. The molecule has 0 bridgehead atoms. The number of hydrogen-bond donors (Lipinski definition) is 0. The van der Waals surface area contributed by atoms with Crippen LogP contribution in [0.5, 0.6) is 0 Å². The third-order valence-electron chi connectivity index (χ3n) is 3.82. The van der Waals surface area contributed by atoms with Crippen LogP contribution in [0, 0.1) is 0 Å². The number of hydrogen-bond acceptors (Lipinski definition) is 1. The molecule has 1 aliphatic rings. The van der Waals surface area contributed by atoms with Crippen molar-refractivity contribution >= 4 is 0 Å². The van der Waals surface area contributed by atoms with Gasteiger partial charge in [0.2, 0.25) is 0 Å². The zero-order valence-corrected chi connectivity index (χ0v) is 10.7. The molecule has 1 atom stereocenters. The van der Waals surface area contributed by atoms with E-state index in [-0.39, 0.29) is 0 Å². The van der Waals surface area contributed by atoms with Crippen LogP contribution in [0.1, 0.15) is 38.3 Å². The van der Waals surface area contributed by atoms with E-state index < -0.39 is 0 Å². The molecule has 0 spiro atoms. The highest BCUT2D eigenvalue weighted by Gasteiger charge is 2.23. The SMILES string of the molecule is CCC1Cc2ccccc2CCN1C(C)C. The van der Waals surface area contributed by atoms with Crippen LogP contribution in [0.2, 0.25) is 0 Å². The molecule has 1 aromatic carbocycles. The fourth-order valence-corrected chi connectivity index (χ4v) is 2.86. The Morgan fingerprint density at radius 2 is 1.94 bits per heavy atom. The number of rotatable bonds is 2. The van der Waals surface area contributed by atoms with E-state index in [1.54, 1.807) is 11.1 Å². The Morgan fingerprint density at radius 3 is 2.56 bits per heavy atom. The van der Waals surface area contributed by atoms with Crippen molar-refractivity contribution in [3.05, 3.63) is 35.4 Å². The molecule has 1 nitrogen and oxygen atoms in total. The summed E-state index contributed by atoms with van der Waals surface area (Å²) >= 11 is 0. The molecule has 88 valence electrons. The second-order valence-electron chi connectivity index (χ2n) is 5.12. The lowest BCUT2D eigenvalue weighted by Gasteiger charge is -2.32. The van der Waals surface area contributed by atoms with Crippen LogP contribution < -0.4 is 0 Å². The topological polar surface area (TPSA) is 3.24 Å². The Balaban J connectivity index is 2.24. The Bertz CT molecular complexity index is 343. The number of benzene rings is 1. The van der Waals surface area contributed by atoms with Crippen LogP contribution in [0.4, 0.5) is 0 Å². The fraction of sp³-hybridized carbons (Fsp3) is 0.600. The van der Waals surface area contributed by atoms with Crippen LogP contribution in [0.3, 0.4) is 0 Å². The third kappa shape index (κ3) is 2.30. The van der Waals surface area contributed by atoms with Gasteiger partial charge < -0.3 is 0 Å². The maximum Gasteiger partial charge on any atom is 0.0136 e. The average molecular weight is 217 g/mol. The van der Waals surface area contributed by atoms with Gasteiger partial charge in [0.25, 0.3) is 0 Å². The summed E-state index contributed by atoms with van der Waals surface area (Å²) in [5.74, 6) is 0. The minimum Gasteiger partial charge on any atom is -0.297 e. The standard InChI is InChI=1S/C15H23N/c1-4-15-11-14-8-6-5-7-13(14)9-10-16(15)12(2)3/h5-8,12,15H,4,9-11H2,1-3H3. The first-order chi connectivity index (χ1) is 7.72. The molecular weight excluding hydrogens is 194 g/mol. The van der Waals surface area contributed by atoms with Gasteiger partial charge in [-0.3, -0.25) is 4.90 Å². The molecule has 0 radical (unpaired) electrons. The van der Waals surface area contributed by atoms with Gasteiger partial charge in [0, 0.05) is 18.6 Å². The van der Waals surface area contributed by atoms with Crippen molar-refractivity contribution in [2.45, 2.75) is 52.1 Å². The molecule has 0 aliphatic carbocycles. The van der Waals surface area contributed by atoms with Gasteiger partial charge in [-0.2, -0.15) is 0 Å². The molecule has 16 heavy (non-hydrogen) atoms. The maximum atomic E-state index is 2.67. The van der Waals surface area contributed by atoms with Gasteiger partial charge >= 0.3 is 0 Å². The summed E-state index contributed by atoms with van der Waals surface area (Å²) in [7, 11) is 0. The van der Waals surface area contributed by atoms with Crippen LogP contribution >= 0.6 is 0 Å². The molecule has 2 rings (SSSR count). The molecular formula is C15H23N. The van der Waals surface area contributed by atoms with Crippen molar-refractivity contribution in [1.29, 1.82) is 0 Å². The minimum atomic E-state index is 0.666. The first kappa shape index (κ1) is 11.7. The molecule has 1 unspecified atom stereocenters. The van der Waals surface area contributed by atoms with E-state index >= 15 is 0 Å². The Labute approximate surface area is 99.5 Å². The lowest BCUT2D eigenvalue weighted by molar-refractivity contribution is 0.155. The molecule has 1 aliphatic heterocycles. The summed E-state index contributed by atoms with van der Waals surface area (Å²) < 4.78 is 0. The quantitative estimate of drug-likeness (QED) is 0.735. The summed E-state index contributed by atoms with van der Waals surface area (Å²) in [6, 6.07) is 10.3. The first-order valence-electron chi connectivity index (χ1n) is 6.55. The van der Waals surface area contributed by atoms with Gasteiger partial charge in [0.05, 0.1) is 0 Å². The smallest absolute Gasteiger partial charge is 0.0136 e. The van der Waals surface area contributed by atoms with Gasteiger partial charge in [-0.1, -0.05) is 31.2 Å². The Hall–Kier alpha value is -0.820. The molecule has 0 aromatic heterocycles. The van der Waals surface area contributed by atoms with Crippen LogP contribution in [-0.2, 0) is 12.8 Å². The zero-order chi connectivity index (χ0) is 11.5. The van der Waals surface area contributed by atoms with Crippen LogP contribution in [0.25, 0.3) is 0 Å². The predicted octanol–water partition coefficient (Wildman–Crippen LogP) is 3.27. The summed E-state index contributed by atoms with van der Waals surface area (Å²) in [5, 5.41) is 0. The van der Waals surface area contributed by atoms with Crippen molar-refractivity contribution in [3.8, 4) is 0 Å². The first-order valence-corrected chi connectivity index (χ1v) is 6.55. The molecule has 1 aromatic rings. The summed E-state index contributed by atoms with van der Waals surface area (Å²) in [6.45, 7) is 8.17. The van der Waals surface area contributed by atoms with Gasteiger partial charge in [-0.15, -0.1) is 0 Å². The van der Waals surface area contributed by atoms with E-state index in [4.69, 9.17) is 0 Å². The maximum absolute atomic E-state index is 2.67. The highest BCUT2D eigenvalue weighted by Crippen LogP contribution is 2.22. The zero-order valence-electron chi connectivity index (χ0n) is 10.7. The van der Waals surface area contributed by atoms with Gasteiger partial charge in [0.1, 0.15) is 0 Å². The summed E-state index contributed by atoms with van der Waals surface area (Å²) in [6.07, 6.45) is 3.70. The van der Waals surface area contributed by atoms with Crippen molar-refractivity contribution in [3.63, 3.8) is 0 Å². The second-order valence-corrected chi connectivity index (χ2v) is 5.12. The van der Waals surface area contributed by atoms with Crippen molar-refractivity contribution in [2.24, 2.45) is 0 Å². The van der Waals surface area contributed by atoms with E-state index in [0.717, 1.165) is 6.04 Å². The highest BCUT2D eigenvalue weighted by atomic mass is 15.2. The van der Waals surface area contributed by atoms with E-state index in [0.29, 0.717) is 6.04 Å². The van der Waals surface area contributed by atoms with E-state index in [1.807, 2.05) is 0 Å². The highest BCUT2D eigenvalue weighted by molar-refractivity contribution is 5.29. The van der Waals surface area contributed by atoms with Gasteiger partial charge in [0.15, 0.2) is 0 Å². The minimum absolute atomic E-state index is 0.666. The largest absolute Gasteiger partial charge is 0.297 e. The van der Waals surface area contributed by atoms with E-state index in [1.165, 1.54) is 25.8 Å². The van der Waals surface area contributed by atoms with Crippen molar-refractivity contribution in [2.75, 3.05) is 6.54 Å². The molecule has 0 amide bonds. The van der Waals surface area contributed by atoms with Crippen LogP contribution in [-0.4, -0.2) is 23.5 Å². The van der Waals surface area contributed by atoms with Gasteiger partial charge in [-0.05, 0) is 44.2 Å². The summed E-state index contributed by atoms with van der Waals surface area (Å²) in [5.41, 5.74) is 3.13. The lowest BCUT2D eigenvalue weighted by Crippen LogP contribution is -2.41. The third-order valence-corrected chi connectivity index (χ3v) is 3.82. The molecule has 0 saturated heterocycles. The molecule has 0 fully saturated rings. The van der Waals surface area contributed by atoms with E-state index in [9.17, 15) is 0 Å². The predicted molar refractivity (Wildman–Crippen MR) is 69.8 cm³/mol. The van der Waals surface area contributed by atoms with Crippen molar-refractivity contribution in [1.82, 2.24) is 4.90 Å².